The van der Waals surface area contributed by atoms with E-state index < -0.39 is 5.97 Å². The maximum Gasteiger partial charge on any atom is 0.336 e. The number of hydrogen-bond acceptors (Lipinski definition) is 3. The summed E-state index contributed by atoms with van der Waals surface area (Å²) >= 11 is 3.34. The highest BCUT2D eigenvalue weighted by Gasteiger charge is 2.13. The molecule has 0 aliphatic rings. The molecule has 0 saturated carbocycles. The van der Waals surface area contributed by atoms with Crippen LogP contribution in [0.4, 0.5) is 5.69 Å². The van der Waals surface area contributed by atoms with Gasteiger partial charge in [-0.2, -0.15) is 0 Å². The number of azide groups is 1. The minimum absolute atomic E-state index is 0.167. The molecule has 3 aromatic rings. The van der Waals surface area contributed by atoms with Crippen LogP contribution in [0.1, 0.15) is 10.4 Å². The first kappa shape index (κ1) is 15.0. The van der Waals surface area contributed by atoms with Crippen LogP contribution in [-0.4, -0.2) is 16.1 Å². The Bertz CT molecular complexity index is 981. The van der Waals surface area contributed by atoms with Crippen molar-refractivity contribution in [2.45, 2.75) is 0 Å². The van der Waals surface area contributed by atoms with Gasteiger partial charge in [0.2, 0.25) is 0 Å². The minimum atomic E-state index is -1.03. The Labute approximate surface area is 139 Å². The van der Waals surface area contributed by atoms with Gasteiger partial charge in [0.1, 0.15) is 0 Å². The summed E-state index contributed by atoms with van der Waals surface area (Å²) in [4.78, 5) is 18.8. The van der Waals surface area contributed by atoms with Gasteiger partial charge in [0.05, 0.1) is 16.8 Å². The highest BCUT2D eigenvalue weighted by atomic mass is 79.9. The summed E-state index contributed by atoms with van der Waals surface area (Å²) in [6, 6.07) is 13.7. The van der Waals surface area contributed by atoms with Gasteiger partial charge in [-0.15, -0.1) is 0 Å². The van der Waals surface area contributed by atoms with Crippen molar-refractivity contribution >= 4 is 38.5 Å². The number of benzene rings is 2. The molecule has 0 aliphatic carbocycles. The van der Waals surface area contributed by atoms with Gasteiger partial charge in [-0.3, -0.25) is 0 Å². The molecule has 112 valence electrons. The molecule has 6 nitrogen and oxygen atoms in total. The number of carbonyl (C=O) groups is 1. The lowest BCUT2D eigenvalue weighted by Gasteiger charge is -2.08. The van der Waals surface area contributed by atoms with Crippen LogP contribution in [0.2, 0.25) is 0 Å². The van der Waals surface area contributed by atoms with Crippen LogP contribution >= 0.6 is 15.9 Å². The van der Waals surface area contributed by atoms with Gasteiger partial charge >= 0.3 is 5.97 Å². The van der Waals surface area contributed by atoms with Crippen molar-refractivity contribution in [3.05, 3.63) is 69.0 Å². The molecule has 0 aliphatic heterocycles. The van der Waals surface area contributed by atoms with E-state index in [1.54, 1.807) is 42.5 Å². The quantitative estimate of drug-likeness (QED) is 0.385. The molecule has 0 atom stereocenters. The molecule has 0 saturated heterocycles. The predicted octanol–water partition coefficient (Wildman–Crippen LogP) is 5.30. The standard InChI is InChI=1S/C16H9BrN4O2/c17-10-4-5-14-12(7-10)13(16(22)23)8-15(19-14)9-2-1-3-11(6-9)20-21-18/h1-8H,(H,22,23). The summed E-state index contributed by atoms with van der Waals surface area (Å²) in [5.41, 5.74) is 10.9. The number of halogens is 1. The van der Waals surface area contributed by atoms with E-state index in [2.05, 4.69) is 30.9 Å². The van der Waals surface area contributed by atoms with Gasteiger partial charge in [0.15, 0.2) is 0 Å². The summed E-state index contributed by atoms with van der Waals surface area (Å²) in [5.74, 6) is -1.03. The lowest BCUT2D eigenvalue weighted by Crippen LogP contribution is -2.00. The zero-order chi connectivity index (χ0) is 16.4. The number of aromatic carboxylic acids is 1. The van der Waals surface area contributed by atoms with Gasteiger partial charge in [0, 0.05) is 26.0 Å². The fourth-order valence-electron chi connectivity index (χ4n) is 2.30. The Balaban J connectivity index is 2.26. The molecule has 0 fully saturated rings. The molecule has 3 rings (SSSR count). The molecule has 0 spiro atoms. The largest absolute Gasteiger partial charge is 0.478 e. The molecule has 7 heteroatoms. The van der Waals surface area contributed by atoms with Crippen molar-refractivity contribution in [1.29, 1.82) is 0 Å². The number of carboxylic acids is 1. The van der Waals surface area contributed by atoms with Crippen molar-refractivity contribution in [2.75, 3.05) is 0 Å². The molecule has 1 heterocycles. The van der Waals surface area contributed by atoms with Crippen LogP contribution in [0.5, 0.6) is 0 Å². The van der Waals surface area contributed by atoms with Gasteiger partial charge in [0.25, 0.3) is 0 Å². The molecule has 23 heavy (non-hydrogen) atoms. The minimum Gasteiger partial charge on any atom is -0.478 e. The van der Waals surface area contributed by atoms with Crippen LogP contribution in [0.25, 0.3) is 32.6 Å². The van der Waals surface area contributed by atoms with E-state index in [4.69, 9.17) is 5.53 Å². The average Bonchev–Trinajstić information content (AvgIpc) is 2.54. The van der Waals surface area contributed by atoms with Gasteiger partial charge < -0.3 is 5.11 Å². The molecule has 1 N–H and O–H groups in total. The van der Waals surface area contributed by atoms with E-state index >= 15 is 0 Å². The Morgan fingerprint density at radius 1 is 1.22 bits per heavy atom. The molecule has 0 amide bonds. The van der Waals surface area contributed by atoms with E-state index in [9.17, 15) is 9.90 Å². The number of rotatable bonds is 3. The monoisotopic (exact) mass is 368 g/mol. The van der Waals surface area contributed by atoms with Crippen LogP contribution in [-0.2, 0) is 0 Å². The zero-order valence-corrected chi connectivity index (χ0v) is 13.2. The predicted molar refractivity (Wildman–Crippen MR) is 90.6 cm³/mol. The molecule has 0 radical (unpaired) electrons. The second-order valence-corrected chi connectivity index (χ2v) is 5.68. The molecule has 2 aromatic carbocycles. The maximum absolute atomic E-state index is 11.6. The summed E-state index contributed by atoms with van der Waals surface area (Å²) in [6.07, 6.45) is 0. The second kappa shape index (κ2) is 6.08. The normalized spacial score (nSPS) is 10.3. The molecular weight excluding hydrogens is 360 g/mol. The van der Waals surface area contributed by atoms with E-state index in [-0.39, 0.29) is 5.56 Å². The lowest BCUT2D eigenvalue weighted by molar-refractivity contribution is 0.0699. The SMILES string of the molecule is [N-]=[N+]=Nc1cccc(-c2cc(C(=O)O)c3cc(Br)ccc3n2)c1. The Morgan fingerprint density at radius 3 is 2.78 bits per heavy atom. The molecular formula is C16H9BrN4O2. The first-order chi connectivity index (χ1) is 11.1. The topological polar surface area (TPSA) is 99.0 Å². The summed E-state index contributed by atoms with van der Waals surface area (Å²) in [5, 5.41) is 13.6. The highest BCUT2D eigenvalue weighted by molar-refractivity contribution is 9.10. The van der Waals surface area contributed by atoms with Crippen LogP contribution < -0.4 is 0 Å². The molecule has 0 unspecified atom stereocenters. The maximum atomic E-state index is 11.6. The van der Waals surface area contributed by atoms with E-state index in [0.29, 0.717) is 27.8 Å². The van der Waals surface area contributed by atoms with Crippen LogP contribution in [0.3, 0.4) is 0 Å². The summed E-state index contributed by atoms with van der Waals surface area (Å²) in [6.45, 7) is 0. The van der Waals surface area contributed by atoms with Crippen molar-refractivity contribution in [2.24, 2.45) is 5.11 Å². The van der Waals surface area contributed by atoms with E-state index in [1.165, 1.54) is 6.07 Å². The van der Waals surface area contributed by atoms with Gasteiger partial charge in [-0.25, -0.2) is 9.78 Å². The third-order valence-electron chi connectivity index (χ3n) is 3.30. The highest BCUT2D eigenvalue weighted by Crippen LogP contribution is 2.29. The fraction of sp³-hybridized carbons (Fsp3) is 0. The van der Waals surface area contributed by atoms with Gasteiger partial charge in [-0.1, -0.05) is 39.2 Å². The Hall–Kier alpha value is -2.89. The van der Waals surface area contributed by atoms with Gasteiger partial charge in [-0.05, 0) is 35.9 Å². The smallest absolute Gasteiger partial charge is 0.336 e. The van der Waals surface area contributed by atoms with Crippen molar-refractivity contribution in [3.8, 4) is 11.3 Å². The average molecular weight is 369 g/mol. The van der Waals surface area contributed by atoms with Crippen LogP contribution in [0, 0.1) is 0 Å². The third kappa shape index (κ3) is 3.01. The summed E-state index contributed by atoms with van der Waals surface area (Å²) < 4.78 is 0.785. The Morgan fingerprint density at radius 2 is 2.04 bits per heavy atom. The van der Waals surface area contributed by atoms with Crippen molar-refractivity contribution in [1.82, 2.24) is 4.98 Å². The number of carboxylic acid groups (broad SMARTS) is 1. The second-order valence-electron chi connectivity index (χ2n) is 4.76. The Kier molecular flexibility index (Phi) is 3.97. The summed E-state index contributed by atoms with van der Waals surface area (Å²) in [7, 11) is 0. The first-order valence-corrected chi connectivity index (χ1v) is 7.37. The molecule has 0 bridgehead atoms. The number of hydrogen-bond donors (Lipinski definition) is 1. The fourth-order valence-corrected chi connectivity index (χ4v) is 2.66. The van der Waals surface area contributed by atoms with Crippen molar-refractivity contribution in [3.63, 3.8) is 0 Å². The zero-order valence-electron chi connectivity index (χ0n) is 11.6. The lowest BCUT2D eigenvalue weighted by atomic mass is 10.0. The van der Waals surface area contributed by atoms with Crippen LogP contribution in [0.15, 0.2) is 58.1 Å². The number of nitrogens with zero attached hydrogens (tertiary/aromatic N) is 4. The number of pyridine rings is 1. The number of aromatic nitrogens is 1. The third-order valence-corrected chi connectivity index (χ3v) is 3.80. The first-order valence-electron chi connectivity index (χ1n) is 6.57. The van der Waals surface area contributed by atoms with E-state index in [0.717, 1.165) is 4.47 Å². The molecule has 1 aromatic heterocycles. The van der Waals surface area contributed by atoms with E-state index in [1.807, 2.05) is 0 Å². The van der Waals surface area contributed by atoms with Crippen molar-refractivity contribution < 1.29 is 9.90 Å². The number of fused-ring (bicyclic) bond motifs is 1.